The first-order valence-corrected chi connectivity index (χ1v) is 12.5. The van der Waals surface area contributed by atoms with Gasteiger partial charge in [-0.3, -0.25) is 4.79 Å². The van der Waals surface area contributed by atoms with Crippen molar-refractivity contribution >= 4 is 16.9 Å². The van der Waals surface area contributed by atoms with E-state index in [0.717, 1.165) is 55.9 Å². The number of likely N-dealkylation sites (tertiary alicyclic amines) is 1. The second kappa shape index (κ2) is 9.58. The summed E-state index contributed by atoms with van der Waals surface area (Å²) < 4.78 is 8.43. The summed E-state index contributed by atoms with van der Waals surface area (Å²) in [6, 6.07) is 15.2. The molecule has 5 rings (SSSR count). The molecule has 1 amide bonds. The largest absolute Gasteiger partial charge is 0.493 e. The molecule has 2 fully saturated rings. The number of imidazole rings is 1. The van der Waals surface area contributed by atoms with E-state index in [9.17, 15) is 4.79 Å². The zero-order valence-corrected chi connectivity index (χ0v) is 19.9. The van der Waals surface area contributed by atoms with Crippen molar-refractivity contribution in [1.82, 2.24) is 14.5 Å². The number of hydrogen-bond acceptors (Lipinski definition) is 3. The quantitative estimate of drug-likeness (QED) is 0.414. The molecule has 33 heavy (non-hydrogen) atoms. The Labute approximate surface area is 196 Å². The summed E-state index contributed by atoms with van der Waals surface area (Å²) in [6.45, 7) is 6.63. The molecular formula is C28H35N3O2. The van der Waals surface area contributed by atoms with Crippen LogP contribution in [0.2, 0.25) is 0 Å². The summed E-state index contributed by atoms with van der Waals surface area (Å²) in [5, 5.41) is 0. The van der Waals surface area contributed by atoms with Crippen molar-refractivity contribution in [3.8, 4) is 5.75 Å². The number of rotatable bonds is 8. The minimum atomic E-state index is 0.191. The van der Waals surface area contributed by atoms with Crippen molar-refractivity contribution in [3.63, 3.8) is 0 Å². The Kier molecular flexibility index (Phi) is 6.39. The predicted molar refractivity (Wildman–Crippen MR) is 132 cm³/mol. The van der Waals surface area contributed by atoms with Gasteiger partial charge >= 0.3 is 0 Å². The van der Waals surface area contributed by atoms with Gasteiger partial charge in [0.1, 0.15) is 11.6 Å². The van der Waals surface area contributed by atoms with Gasteiger partial charge in [0, 0.05) is 31.5 Å². The van der Waals surface area contributed by atoms with Crippen LogP contribution >= 0.6 is 0 Å². The fraction of sp³-hybridized carbons (Fsp3) is 0.500. The molecule has 3 aromatic rings. The summed E-state index contributed by atoms with van der Waals surface area (Å²) in [5.74, 6) is 2.57. The molecule has 1 saturated carbocycles. The van der Waals surface area contributed by atoms with Gasteiger partial charge in [-0.1, -0.05) is 37.1 Å². The molecule has 1 unspecified atom stereocenters. The Morgan fingerprint density at radius 3 is 2.73 bits per heavy atom. The molecule has 0 radical (unpaired) electrons. The first-order valence-electron chi connectivity index (χ1n) is 12.5. The zero-order chi connectivity index (χ0) is 22.8. The van der Waals surface area contributed by atoms with Crippen LogP contribution < -0.4 is 4.74 Å². The fourth-order valence-corrected chi connectivity index (χ4v) is 5.53. The number of aromatic nitrogens is 2. The topological polar surface area (TPSA) is 47.4 Å². The van der Waals surface area contributed by atoms with Gasteiger partial charge in [0.2, 0.25) is 5.91 Å². The highest BCUT2D eigenvalue weighted by molar-refractivity contribution is 5.81. The van der Waals surface area contributed by atoms with E-state index in [0.29, 0.717) is 25.0 Å². The summed E-state index contributed by atoms with van der Waals surface area (Å²) in [7, 11) is 0. The zero-order valence-electron chi connectivity index (χ0n) is 19.9. The van der Waals surface area contributed by atoms with Crippen LogP contribution in [0.25, 0.3) is 11.0 Å². The van der Waals surface area contributed by atoms with Crippen LogP contribution in [0.15, 0.2) is 42.5 Å². The van der Waals surface area contributed by atoms with E-state index in [1.165, 1.54) is 29.5 Å². The monoisotopic (exact) mass is 445 g/mol. The molecular weight excluding hydrogens is 410 g/mol. The molecule has 174 valence electrons. The lowest BCUT2D eigenvalue weighted by atomic mass is 10.1. The highest BCUT2D eigenvalue weighted by Gasteiger charge is 2.38. The molecule has 1 aliphatic heterocycles. The molecule has 5 nitrogen and oxygen atoms in total. The van der Waals surface area contributed by atoms with Crippen LogP contribution in [0, 0.1) is 13.8 Å². The molecule has 0 bridgehead atoms. The number of nitrogens with zero attached hydrogens (tertiary/aromatic N) is 3. The molecule has 2 heterocycles. The van der Waals surface area contributed by atoms with E-state index in [2.05, 4.69) is 59.7 Å². The van der Waals surface area contributed by atoms with Crippen molar-refractivity contribution in [2.45, 2.75) is 77.3 Å². The van der Waals surface area contributed by atoms with Crippen molar-refractivity contribution in [2.24, 2.45) is 0 Å². The van der Waals surface area contributed by atoms with Gasteiger partial charge in [0.05, 0.1) is 17.6 Å². The number of unbranched alkanes of at least 4 members (excludes halogenated alkanes) is 1. The Bertz CT molecular complexity index is 1130. The maximum absolute atomic E-state index is 12.8. The van der Waals surface area contributed by atoms with Gasteiger partial charge in [0.25, 0.3) is 0 Å². The Morgan fingerprint density at radius 1 is 1.06 bits per heavy atom. The molecule has 2 aromatic carbocycles. The average molecular weight is 446 g/mol. The third-order valence-electron chi connectivity index (χ3n) is 7.35. The SMILES string of the molecule is Cc1ccc(C)c(OCCCCn2c(C3CC(=O)N(C4CCCC4)C3)nc3ccccc32)c1. The van der Waals surface area contributed by atoms with Gasteiger partial charge in [-0.05, 0) is 68.9 Å². The van der Waals surface area contributed by atoms with Gasteiger partial charge in [-0.15, -0.1) is 0 Å². The number of aryl methyl sites for hydroxylation is 3. The van der Waals surface area contributed by atoms with Crippen LogP contribution in [0.1, 0.15) is 67.8 Å². The van der Waals surface area contributed by atoms with Gasteiger partial charge in [0.15, 0.2) is 0 Å². The van der Waals surface area contributed by atoms with E-state index in [1.807, 2.05) is 6.07 Å². The predicted octanol–water partition coefficient (Wildman–Crippen LogP) is 5.77. The van der Waals surface area contributed by atoms with Crippen molar-refractivity contribution in [3.05, 3.63) is 59.4 Å². The first kappa shape index (κ1) is 22.0. The molecule has 5 heteroatoms. The Morgan fingerprint density at radius 2 is 1.88 bits per heavy atom. The third kappa shape index (κ3) is 4.64. The van der Waals surface area contributed by atoms with Gasteiger partial charge < -0.3 is 14.2 Å². The summed E-state index contributed by atoms with van der Waals surface area (Å²) in [5.41, 5.74) is 4.62. The number of carbonyl (C=O) groups excluding carboxylic acids is 1. The van der Waals surface area contributed by atoms with E-state index in [1.54, 1.807) is 0 Å². The van der Waals surface area contributed by atoms with Crippen LogP contribution in [0.3, 0.4) is 0 Å². The van der Waals surface area contributed by atoms with Crippen molar-refractivity contribution in [1.29, 1.82) is 0 Å². The number of para-hydroxylation sites is 2. The highest BCUT2D eigenvalue weighted by atomic mass is 16.5. The van der Waals surface area contributed by atoms with Crippen LogP contribution in [0.4, 0.5) is 0 Å². The molecule has 0 spiro atoms. The minimum Gasteiger partial charge on any atom is -0.493 e. The molecule has 0 N–H and O–H groups in total. The summed E-state index contributed by atoms with van der Waals surface area (Å²) in [6.07, 6.45) is 7.42. The van der Waals surface area contributed by atoms with Crippen molar-refractivity contribution in [2.75, 3.05) is 13.2 Å². The van der Waals surface area contributed by atoms with Crippen LogP contribution in [-0.4, -0.2) is 39.6 Å². The smallest absolute Gasteiger partial charge is 0.223 e. The number of ether oxygens (including phenoxy) is 1. The number of fused-ring (bicyclic) bond motifs is 1. The minimum absolute atomic E-state index is 0.191. The molecule has 1 aromatic heterocycles. The second-order valence-electron chi connectivity index (χ2n) is 9.82. The molecule has 1 aliphatic carbocycles. The number of benzene rings is 2. The maximum Gasteiger partial charge on any atom is 0.223 e. The molecule has 1 atom stereocenters. The lowest BCUT2D eigenvalue weighted by Gasteiger charge is -2.24. The Balaban J connectivity index is 1.26. The number of carbonyl (C=O) groups is 1. The fourth-order valence-electron chi connectivity index (χ4n) is 5.53. The van der Waals surface area contributed by atoms with Crippen LogP contribution in [0.5, 0.6) is 5.75 Å². The average Bonchev–Trinajstić information content (AvgIpc) is 3.54. The summed E-state index contributed by atoms with van der Waals surface area (Å²) in [4.78, 5) is 20.0. The highest BCUT2D eigenvalue weighted by Crippen LogP contribution is 2.35. The molecule has 1 saturated heterocycles. The van der Waals surface area contributed by atoms with Crippen molar-refractivity contribution < 1.29 is 9.53 Å². The number of amides is 1. The summed E-state index contributed by atoms with van der Waals surface area (Å²) >= 11 is 0. The maximum atomic E-state index is 12.8. The standard InChI is InChI=1S/C28H35N3O2/c1-20-13-14-21(2)26(17-20)33-16-8-7-15-30-25-12-6-5-11-24(25)29-28(30)22-18-27(32)31(19-22)23-9-3-4-10-23/h5-6,11-14,17,22-23H,3-4,7-10,15-16,18-19H2,1-2H3. The van der Waals surface area contributed by atoms with E-state index < -0.39 is 0 Å². The normalized spacial score (nSPS) is 19.2. The Hall–Kier alpha value is -2.82. The van der Waals surface area contributed by atoms with E-state index >= 15 is 0 Å². The van der Waals surface area contributed by atoms with E-state index in [4.69, 9.17) is 9.72 Å². The third-order valence-corrected chi connectivity index (χ3v) is 7.35. The van der Waals surface area contributed by atoms with Crippen LogP contribution in [-0.2, 0) is 11.3 Å². The lowest BCUT2D eigenvalue weighted by molar-refractivity contribution is -0.129. The second-order valence-corrected chi connectivity index (χ2v) is 9.82. The first-order chi connectivity index (χ1) is 16.1. The van der Waals surface area contributed by atoms with Gasteiger partial charge in [-0.2, -0.15) is 0 Å². The van der Waals surface area contributed by atoms with E-state index in [-0.39, 0.29) is 5.92 Å². The molecule has 2 aliphatic rings. The number of hydrogen-bond donors (Lipinski definition) is 0. The van der Waals surface area contributed by atoms with Gasteiger partial charge in [-0.25, -0.2) is 4.98 Å². The lowest BCUT2D eigenvalue weighted by Crippen LogP contribution is -2.34.